The van der Waals surface area contributed by atoms with Crippen LogP contribution in [0.25, 0.3) is 0 Å². The van der Waals surface area contributed by atoms with Crippen LogP contribution in [-0.4, -0.2) is 35.5 Å². The van der Waals surface area contributed by atoms with E-state index >= 15 is 0 Å². The van der Waals surface area contributed by atoms with Crippen molar-refractivity contribution in [2.45, 2.75) is 13.8 Å². The molecule has 13 heavy (non-hydrogen) atoms. The predicted octanol–water partition coefficient (Wildman–Crippen LogP) is 0.545. The summed E-state index contributed by atoms with van der Waals surface area (Å²) < 4.78 is 0. The number of amides is 2. The van der Waals surface area contributed by atoms with E-state index < -0.39 is 12.2 Å². The predicted molar refractivity (Wildman–Crippen MR) is 43.4 cm³/mol. The summed E-state index contributed by atoms with van der Waals surface area (Å²) in [5, 5.41) is 19.9. The third kappa shape index (κ3) is 34.0. The molecule has 0 aliphatic heterocycles. The third-order valence-corrected chi connectivity index (χ3v) is 0.656. The molecule has 0 bridgehead atoms. The van der Waals surface area contributed by atoms with Gasteiger partial charge in [-0.2, -0.15) is 0 Å². The first-order valence-corrected chi connectivity index (χ1v) is 3.48. The normalized spacial score (nSPS) is 6.92. The number of hydrogen-bond acceptors (Lipinski definition) is 2. The van der Waals surface area contributed by atoms with Gasteiger partial charge in [-0.15, -0.1) is 0 Å². The molecule has 6 nitrogen and oxygen atoms in total. The van der Waals surface area contributed by atoms with Crippen molar-refractivity contribution in [3.8, 4) is 0 Å². The molecule has 0 saturated heterocycles. The van der Waals surface area contributed by atoms with Gasteiger partial charge >= 0.3 is 12.2 Å². The molecule has 0 rings (SSSR count). The molecule has 0 atom stereocenters. The summed E-state index contributed by atoms with van der Waals surface area (Å²) in [6.45, 7) is 4.42. The maximum absolute atomic E-state index is 9.49. The van der Waals surface area contributed by atoms with E-state index in [1.54, 1.807) is 13.8 Å². The maximum atomic E-state index is 9.49. The fourth-order valence-corrected chi connectivity index (χ4v) is 0.302. The van der Waals surface area contributed by atoms with Gasteiger partial charge in [-0.3, -0.25) is 0 Å². The number of nitrogens with one attached hydrogen (secondary N) is 2. The first-order valence-electron chi connectivity index (χ1n) is 3.48. The van der Waals surface area contributed by atoms with Gasteiger partial charge in [0.2, 0.25) is 0 Å². The zero-order valence-electron chi connectivity index (χ0n) is 7.70. The van der Waals surface area contributed by atoms with E-state index in [-0.39, 0.29) is 32.7 Å². The molecule has 75 valence electrons. The van der Waals surface area contributed by atoms with Gasteiger partial charge in [-0.1, -0.05) is 0 Å². The quantitative estimate of drug-likeness (QED) is 0.587. The Labute approximate surface area is 102 Å². The van der Waals surface area contributed by atoms with Gasteiger partial charge in [0.1, 0.15) is 0 Å². The molecule has 0 aromatic heterocycles. The van der Waals surface area contributed by atoms with Crippen LogP contribution in [0.15, 0.2) is 0 Å². The van der Waals surface area contributed by atoms with Crippen molar-refractivity contribution in [1.29, 1.82) is 0 Å². The first kappa shape index (κ1) is 18.4. The van der Waals surface area contributed by atoms with Gasteiger partial charge in [0.05, 0.1) is 0 Å². The van der Waals surface area contributed by atoms with Crippen LogP contribution in [0, 0.1) is 0 Å². The summed E-state index contributed by atoms with van der Waals surface area (Å²) in [7, 11) is 0. The van der Waals surface area contributed by atoms with Crippen LogP contribution in [0.2, 0.25) is 0 Å². The average Bonchev–Trinajstić information content (AvgIpc) is 1.87. The Hall–Kier alpha value is -0.356. The van der Waals surface area contributed by atoms with Crippen molar-refractivity contribution in [2.24, 2.45) is 0 Å². The van der Waals surface area contributed by atoms with Crippen LogP contribution in [0.1, 0.15) is 13.8 Å². The summed E-state index contributed by atoms with van der Waals surface area (Å²) in [5.74, 6) is 0. The molecule has 0 heterocycles. The Morgan fingerprint density at radius 1 is 1.00 bits per heavy atom. The van der Waals surface area contributed by atoms with Gasteiger partial charge in [-0.05, 0) is 13.8 Å². The molecule has 0 saturated carbocycles. The van der Waals surface area contributed by atoms with E-state index in [2.05, 4.69) is 10.6 Å². The summed E-state index contributed by atoms with van der Waals surface area (Å²) in [6, 6.07) is 0. The molecule has 0 aliphatic carbocycles. The number of carbonyl (C=O) groups is 2. The van der Waals surface area contributed by atoms with Gasteiger partial charge < -0.3 is 20.8 Å². The van der Waals surface area contributed by atoms with Crippen molar-refractivity contribution in [3.05, 3.63) is 0 Å². The Morgan fingerprint density at radius 2 is 1.23 bits per heavy atom. The van der Waals surface area contributed by atoms with E-state index in [9.17, 15) is 9.59 Å². The first-order chi connectivity index (χ1) is 5.54. The number of hydrogen-bond donors (Lipinski definition) is 4. The van der Waals surface area contributed by atoms with E-state index in [0.29, 0.717) is 13.1 Å². The standard InChI is InChI=1S/2C3H7NO2.Y/c2*1-2-4-3(5)6;/h2*4H,2H2,1H3,(H,5,6);. The second-order valence-corrected chi connectivity index (χ2v) is 1.67. The largest absolute Gasteiger partial charge is 0.465 e. The Morgan fingerprint density at radius 3 is 1.23 bits per heavy atom. The minimum Gasteiger partial charge on any atom is -0.465 e. The van der Waals surface area contributed by atoms with Crippen LogP contribution in [0.5, 0.6) is 0 Å². The SMILES string of the molecule is CCNC(=O)O.CCNC(=O)O.[Y]. The van der Waals surface area contributed by atoms with Gasteiger partial charge in [0.25, 0.3) is 0 Å². The minimum atomic E-state index is -0.961. The monoisotopic (exact) mass is 267 g/mol. The molecule has 2 amide bonds. The second-order valence-electron chi connectivity index (χ2n) is 1.67. The molecule has 0 fully saturated rings. The van der Waals surface area contributed by atoms with Crippen molar-refractivity contribution in [3.63, 3.8) is 0 Å². The zero-order valence-corrected chi connectivity index (χ0v) is 10.5. The van der Waals surface area contributed by atoms with Crippen molar-refractivity contribution in [1.82, 2.24) is 10.6 Å². The van der Waals surface area contributed by atoms with Crippen molar-refractivity contribution >= 4 is 12.2 Å². The average molecular weight is 267 g/mol. The van der Waals surface area contributed by atoms with E-state index in [0.717, 1.165) is 0 Å². The molecule has 4 N–H and O–H groups in total. The van der Waals surface area contributed by atoms with E-state index in [4.69, 9.17) is 10.2 Å². The Kier molecular flexibility index (Phi) is 20.1. The summed E-state index contributed by atoms with van der Waals surface area (Å²) in [5.41, 5.74) is 0. The fraction of sp³-hybridized carbons (Fsp3) is 0.667. The Balaban J connectivity index is -0.000000143. The van der Waals surface area contributed by atoms with Crippen LogP contribution < -0.4 is 10.6 Å². The minimum absolute atomic E-state index is 0. The molecule has 0 spiro atoms. The molecule has 0 unspecified atom stereocenters. The maximum Gasteiger partial charge on any atom is 0.404 e. The van der Waals surface area contributed by atoms with E-state index in [1.165, 1.54) is 0 Å². The molecular weight excluding hydrogens is 253 g/mol. The third-order valence-electron chi connectivity index (χ3n) is 0.656. The smallest absolute Gasteiger partial charge is 0.404 e. The summed E-state index contributed by atoms with van der Waals surface area (Å²) in [4.78, 5) is 19.0. The van der Waals surface area contributed by atoms with Crippen molar-refractivity contribution < 1.29 is 52.5 Å². The molecule has 0 aliphatic rings. The summed E-state index contributed by atoms with van der Waals surface area (Å²) in [6.07, 6.45) is -1.92. The molecular formula is C6H14N2O4Y. The van der Waals surface area contributed by atoms with Crippen molar-refractivity contribution in [2.75, 3.05) is 13.1 Å². The van der Waals surface area contributed by atoms with Crippen LogP contribution in [0.4, 0.5) is 9.59 Å². The second kappa shape index (κ2) is 14.2. The van der Waals surface area contributed by atoms with Crippen LogP contribution in [0.3, 0.4) is 0 Å². The molecule has 0 aromatic rings. The molecule has 7 heteroatoms. The van der Waals surface area contributed by atoms with Gasteiger partial charge in [0.15, 0.2) is 0 Å². The Bertz CT molecular complexity index is 127. The van der Waals surface area contributed by atoms with E-state index in [1.807, 2.05) is 0 Å². The molecule has 0 aromatic carbocycles. The fourth-order valence-electron chi connectivity index (χ4n) is 0.302. The topological polar surface area (TPSA) is 98.7 Å². The number of rotatable bonds is 2. The number of carboxylic acid groups (broad SMARTS) is 2. The zero-order chi connectivity index (χ0) is 9.98. The van der Waals surface area contributed by atoms with Crippen LogP contribution in [-0.2, 0) is 32.7 Å². The van der Waals surface area contributed by atoms with Crippen LogP contribution >= 0.6 is 0 Å². The molecule has 1 radical (unpaired) electrons. The van der Waals surface area contributed by atoms with Gasteiger partial charge in [-0.25, -0.2) is 9.59 Å². The summed E-state index contributed by atoms with van der Waals surface area (Å²) >= 11 is 0. The van der Waals surface area contributed by atoms with Gasteiger partial charge in [0, 0.05) is 45.8 Å².